The highest BCUT2D eigenvalue weighted by Gasteiger charge is 2.08. The van der Waals surface area contributed by atoms with E-state index < -0.39 is 5.91 Å². The quantitative estimate of drug-likeness (QED) is 0.730. The highest BCUT2D eigenvalue weighted by Crippen LogP contribution is 2.18. The number of primary amides is 1. The van der Waals surface area contributed by atoms with E-state index in [9.17, 15) is 9.18 Å². The number of carbonyl (C=O) groups excluding carboxylic acids is 1. The van der Waals surface area contributed by atoms with Crippen molar-refractivity contribution < 1.29 is 9.18 Å². The molecule has 4 nitrogen and oxygen atoms in total. The average Bonchev–Trinajstić information content (AvgIpc) is 2.42. The number of hydrogen-bond acceptors (Lipinski definition) is 3. The van der Waals surface area contributed by atoms with Crippen LogP contribution >= 0.6 is 0 Å². The number of nitrogens with two attached hydrogens (primary N) is 2. The summed E-state index contributed by atoms with van der Waals surface area (Å²) in [5.41, 5.74) is 12.9. The van der Waals surface area contributed by atoms with Gasteiger partial charge in [0.25, 0.3) is 5.91 Å². The van der Waals surface area contributed by atoms with Crippen LogP contribution in [0.25, 0.3) is 0 Å². The Bertz CT molecular complexity index is 628. The molecule has 0 unspecified atom stereocenters. The first-order chi connectivity index (χ1) is 9.58. The number of nitrogens with one attached hydrogen (secondary N) is 1. The summed E-state index contributed by atoms with van der Waals surface area (Å²) in [6.45, 7) is 0.491. The van der Waals surface area contributed by atoms with Gasteiger partial charge >= 0.3 is 0 Å². The molecule has 1 amide bonds. The second-order valence-electron chi connectivity index (χ2n) is 4.44. The predicted octanol–water partition coefficient (Wildman–Crippen LogP) is 2.16. The first-order valence-corrected chi connectivity index (χ1v) is 6.24. The fraction of sp³-hybridized carbons (Fsp3) is 0.133. The van der Waals surface area contributed by atoms with Crippen molar-refractivity contribution in [1.82, 2.24) is 0 Å². The fourth-order valence-corrected chi connectivity index (χ4v) is 1.95. The average molecular weight is 273 g/mol. The van der Waals surface area contributed by atoms with E-state index in [4.69, 9.17) is 11.5 Å². The summed E-state index contributed by atoms with van der Waals surface area (Å²) in [7, 11) is 0. The number of amides is 1. The van der Waals surface area contributed by atoms with Gasteiger partial charge in [0.1, 0.15) is 5.82 Å². The van der Waals surface area contributed by atoms with Gasteiger partial charge in [-0.2, -0.15) is 0 Å². The van der Waals surface area contributed by atoms with Crippen molar-refractivity contribution in [3.63, 3.8) is 0 Å². The monoisotopic (exact) mass is 273 g/mol. The molecule has 20 heavy (non-hydrogen) atoms. The van der Waals surface area contributed by atoms with Crippen LogP contribution in [0.4, 0.5) is 15.8 Å². The van der Waals surface area contributed by atoms with Crippen molar-refractivity contribution in [3.05, 3.63) is 59.4 Å². The molecule has 2 aromatic rings. The van der Waals surface area contributed by atoms with Gasteiger partial charge in [-0.15, -0.1) is 0 Å². The Kier molecular flexibility index (Phi) is 4.20. The van der Waals surface area contributed by atoms with E-state index in [0.717, 1.165) is 0 Å². The van der Waals surface area contributed by atoms with Crippen LogP contribution in [0, 0.1) is 5.82 Å². The zero-order valence-electron chi connectivity index (χ0n) is 10.9. The van der Waals surface area contributed by atoms with Crippen LogP contribution in [0.5, 0.6) is 0 Å². The molecule has 104 valence electrons. The molecule has 0 aromatic heterocycles. The summed E-state index contributed by atoms with van der Waals surface area (Å²) < 4.78 is 13.5. The Morgan fingerprint density at radius 3 is 2.65 bits per heavy atom. The van der Waals surface area contributed by atoms with Crippen molar-refractivity contribution in [2.45, 2.75) is 6.42 Å². The minimum Gasteiger partial charge on any atom is -0.399 e. The topological polar surface area (TPSA) is 81.1 Å². The summed E-state index contributed by atoms with van der Waals surface area (Å²) in [5.74, 6) is -0.785. The first-order valence-electron chi connectivity index (χ1n) is 6.24. The lowest BCUT2D eigenvalue weighted by Crippen LogP contribution is -2.16. The van der Waals surface area contributed by atoms with Gasteiger partial charge < -0.3 is 16.8 Å². The van der Waals surface area contributed by atoms with E-state index in [2.05, 4.69) is 5.32 Å². The molecule has 0 aliphatic carbocycles. The molecule has 0 aliphatic rings. The van der Waals surface area contributed by atoms with Crippen molar-refractivity contribution in [1.29, 1.82) is 0 Å². The second-order valence-corrected chi connectivity index (χ2v) is 4.44. The Hall–Kier alpha value is -2.56. The Morgan fingerprint density at radius 2 is 1.95 bits per heavy atom. The van der Waals surface area contributed by atoms with Crippen LogP contribution in [-0.2, 0) is 6.42 Å². The lowest BCUT2D eigenvalue weighted by Gasteiger charge is -2.11. The molecule has 0 spiro atoms. The molecule has 0 radical (unpaired) electrons. The molecular formula is C15H16FN3O. The molecule has 0 heterocycles. The predicted molar refractivity (Wildman–Crippen MR) is 78.0 cm³/mol. The van der Waals surface area contributed by atoms with Crippen molar-refractivity contribution in [2.24, 2.45) is 5.73 Å². The Labute approximate surface area is 116 Å². The van der Waals surface area contributed by atoms with E-state index in [1.807, 2.05) is 0 Å². The molecule has 5 N–H and O–H groups in total. The summed E-state index contributed by atoms with van der Waals surface area (Å²) in [5, 5.41) is 3.07. The normalized spacial score (nSPS) is 10.2. The maximum atomic E-state index is 13.5. The zero-order valence-corrected chi connectivity index (χ0v) is 10.9. The van der Waals surface area contributed by atoms with E-state index in [1.54, 1.807) is 30.3 Å². The van der Waals surface area contributed by atoms with Crippen LogP contribution in [0.15, 0.2) is 42.5 Å². The standard InChI is InChI=1S/C15H16FN3O/c16-13-4-2-1-3-10(13)7-8-19-14-6-5-11(17)9-12(14)15(18)20/h1-6,9,19H,7-8,17H2,(H2,18,20). The van der Waals surface area contributed by atoms with Gasteiger partial charge in [0.05, 0.1) is 5.56 Å². The summed E-state index contributed by atoms with van der Waals surface area (Å²) >= 11 is 0. The number of hydrogen-bond donors (Lipinski definition) is 3. The van der Waals surface area contributed by atoms with Crippen molar-refractivity contribution in [2.75, 3.05) is 17.6 Å². The highest BCUT2D eigenvalue weighted by atomic mass is 19.1. The van der Waals surface area contributed by atoms with Gasteiger partial charge in [0.15, 0.2) is 0 Å². The molecule has 0 atom stereocenters. The first kappa shape index (κ1) is 13.9. The zero-order chi connectivity index (χ0) is 14.5. The van der Waals surface area contributed by atoms with Crippen LogP contribution in [0.2, 0.25) is 0 Å². The Balaban J connectivity index is 2.05. The second kappa shape index (κ2) is 6.06. The Morgan fingerprint density at radius 1 is 1.20 bits per heavy atom. The van der Waals surface area contributed by atoms with Crippen LogP contribution in [0.3, 0.4) is 0 Å². The summed E-state index contributed by atoms with van der Waals surface area (Å²) in [6.07, 6.45) is 0.509. The van der Waals surface area contributed by atoms with Gasteiger partial charge in [-0.25, -0.2) is 4.39 Å². The van der Waals surface area contributed by atoms with Crippen LogP contribution in [-0.4, -0.2) is 12.5 Å². The van der Waals surface area contributed by atoms with Crippen molar-refractivity contribution in [3.8, 4) is 0 Å². The minimum atomic E-state index is -0.550. The largest absolute Gasteiger partial charge is 0.399 e. The SMILES string of the molecule is NC(=O)c1cc(N)ccc1NCCc1ccccc1F. The number of anilines is 2. The lowest BCUT2D eigenvalue weighted by molar-refractivity contribution is 0.100. The van der Waals surface area contributed by atoms with Crippen LogP contribution < -0.4 is 16.8 Å². The summed E-state index contributed by atoms with van der Waals surface area (Å²) in [4.78, 5) is 11.3. The fourth-order valence-electron chi connectivity index (χ4n) is 1.95. The third-order valence-electron chi connectivity index (χ3n) is 2.98. The molecule has 0 bridgehead atoms. The van der Waals surface area contributed by atoms with Gasteiger partial charge in [-0.05, 0) is 36.2 Å². The van der Waals surface area contributed by atoms with Crippen molar-refractivity contribution >= 4 is 17.3 Å². The lowest BCUT2D eigenvalue weighted by atomic mass is 10.1. The van der Waals surface area contributed by atoms with E-state index in [-0.39, 0.29) is 5.82 Å². The third-order valence-corrected chi connectivity index (χ3v) is 2.98. The van der Waals surface area contributed by atoms with E-state index in [0.29, 0.717) is 35.5 Å². The molecule has 5 heteroatoms. The number of nitrogen functional groups attached to an aromatic ring is 1. The van der Waals surface area contributed by atoms with Gasteiger partial charge in [-0.1, -0.05) is 18.2 Å². The highest BCUT2D eigenvalue weighted by molar-refractivity contribution is 5.99. The van der Waals surface area contributed by atoms with Crippen LogP contribution in [0.1, 0.15) is 15.9 Å². The smallest absolute Gasteiger partial charge is 0.250 e. The number of carbonyl (C=O) groups is 1. The summed E-state index contributed by atoms with van der Waals surface area (Å²) in [6, 6.07) is 11.5. The molecular weight excluding hydrogens is 257 g/mol. The number of benzene rings is 2. The molecule has 0 aliphatic heterocycles. The molecule has 2 rings (SSSR count). The maximum absolute atomic E-state index is 13.5. The molecule has 0 saturated carbocycles. The molecule has 0 fully saturated rings. The van der Waals surface area contributed by atoms with Gasteiger partial charge in [0, 0.05) is 17.9 Å². The van der Waals surface area contributed by atoms with E-state index in [1.165, 1.54) is 12.1 Å². The molecule has 0 saturated heterocycles. The number of halogens is 1. The molecule has 2 aromatic carbocycles. The van der Waals surface area contributed by atoms with Gasteiger partial charge in [0.2, 0.25) is 0 Å². The third kappa shape index (κ3) is 3.26. The maximum Gasteiger partial charge on any atom is 0.250 e. The number of rotatable bonds is 5. The van der Waals surface area contributed by atoms with E-state index >= 15 is 0 Å². The van der Waals surface area contributed by atoms with Gasteiger partial charge in [-0.3, -0.25) is 4.79 Å². The minimum absolute atomic E-state index is 0.235.